The van der Waals surface area contributed by atoms with Crippen LogP contribution in [-0.4, -0.2) is 21.9 Å². The lowest BCUT2D eigenvalue weighted by Crippen LogP contribution is -2.06. The van der Waals surface area contributed by atoms with E-state index in [0.717, 1.165) is 23.4 Å². The summed E-state index contributed by atoms with van der Waals surface area (Å²) in [4.78, 5) is 0. The van der Waals surface area contributed by atoms with Crippen molar-refractivity contribution in [2.24, 2.45) is 7.05 Å². The maximum atomic E-state index is 9.84. The van der Waals surface area contributed by atoms with E-state index in [0.29, 0.717) is 0 Å². The van der Waals surface area contributed by atoms with Gasteiger partial charge in [0.2, 0.25) is 0 Å². The number of aryl methyl sites for hydroxylation is 1. The van der Waals surface area contributed by atoms with Crippen LogP contribution in [0.2, 0.25) is 0 Å². The molecule has 1 aromatic carbocycles. The molecule has 1 aromatic heterocycles. The van der Waals surface area contributed by atoms with Crippen molar-refractivity contribution < 1.29 is 5.11 Å². The Balaban J connectivity index is 2.54. The number of hydrogen-bond donors (Lipinski definition) is 2. The van der Waals surface area contributed by atoms with Gasteiger partial charge in [0.25, 0.3) is 0 Å². The molecule has 0 atom stereocenters. The first kappa shape index (κ1) is 10.7. The van der Waals surface area contributed by atoms with Crippen molar-refractivity contribution in [1.82, 2.24) is 15.1 Å². The molecule has 84 valence electrons. The largest absolute Gasteiger partial charge is 0.507 e. The highest BCUT2D eigenvalue weighted by Crippen LogP contribution is 2.30. The second kappa shape index (κ2) is 4.37. The van der Waals surface area contributed by atoms with E-state index in [4.69, 9.17) is 0 Å². The first-order valence-electron chi connectivity index (χ1n) is 5.18. The van der Waals surface area contributed by atoms with Gasteiger partial charge < -0.3 is 10.4 Å². The van der Waals surface area contributed by atoms with E-state index >= 15 is 0 Å². The maximum absolute atomic E-state index is 9.84. The van der Waals surface area contributed by atoms with E-state index in [1.54, 1.807) is 10.7 Å². The number of aromatic hydroxyl groups is 1. The summed E-state index contributed by atoms with van der Waals surface area (Å²) >= 11 is 0. The molecule has 1 heterocycles. The minimum Gasteiger partial charge on any atom is -0.507 e. The zero-order chi connectivity index (χ0) is 11.5. The smallest absolute Gasteiger partial charge is 0.124 e. The van der Waals surface area contributed by atoms with Crippen LogP contribution >= 0.6 is 0 Å². The molecule has 0 aliphatic heterocycles. The summed E-state index contributed by atoms with van der Waals surface area (Å²) < 4.78 is 1.78. The summed E-state index contributed by atoms with van der Waals surface area (Å²) in [7, 11) is 3.77. The zero-order valence-corrected chi connectivity index (χ0v) is 9.44. The predicted molar refractivity (Wildman–Crippen MR) is 63.1 cm³/mol. The predicted octanol–water partition coefficient (Wildman–Crippen LogP) is 1.51. The highest BCUT2D eigenvalue weighted by atomic mass is 16.3. The minimum absolute atomic E-state index is 0.281. The van der Waals surface area contributed by atoms with E-state index < -0.39 is 0 Å². The molecular weight excluding hydrogens is 202 g/mol. The number of rotatable bonds is 3. The Morgan fingerprint density at radius 3 is 2.81 bits per heavy atom. The van der Waals surface area contributed by atoms with Crippen LogP contribution in [0.3, 0.4) is 0 Å². The van der Waals surface area contributed by atoms with E-state index in [1.165, 1.54) is 0 Å². The summed E-state index contributed by atoms with van der Waals surface area (Å²) in [6, 6.07) is 7.30. The van der Waals surface area contributed by atoms with Gasteiger partial charge in [0, 0.05) is 24.7 Å². The topological polar surface area (TPSA) is 50.1 Å². The van der Waals surface area contributed by atoms with Crippen LogP contribution in [0.25, 0.3) is 11.3 Å². The van der Waals surface area contributed by atoms with Crippen molar-refractivity contribution >= 4 is 0 Å². The molecule has 0 bridgehead atoms. The quantitative estimate of drug-likeness (QED) is 0.819. The Morgan fingerprint density at radius 1 is 1.38 bits per heavy atom. The third-order valence-corrected chi connectivity index (χ3v) is 2.54. The summed E-state index contributed by atoms with van der Waals surface area (Å²) in [6.45, 7) is 0.734. The van der Waals surface area contributed by atoms with E-state index in [2.05, 4.69) is 10.4 Å². The summed E-state index contributed by atoms with van der Waals surface area (Å²) in [5, 5.41) is 17.1. The third-order valence-electron chi connectivity index (χ3n) is 2.54. The number of benzene rings is 1. The van der Waals surface area contributed by atoms with Crippen LogP contribution < -0.4 is 5.32 Å². The van der Waals surface area contributed by atoms with Crippen LogP contribution in [-0.2, 0) is 13.6 Å². The minimum atomic E-state index is 0.281. The molecule has 0 amide bonds. The van der Waals surface area contributed by atoms with Crippen LogP contribution in [0.15, 0.2) is 30.5 Å². The highest BCUT2D eigenvalue weighted by molar-refractivity contribution is 5.69. The van der Waals surface area contributed by atoms with Crippen molar-refractivity contribution in [1.29, 1.82) is 0 Å². The monoisotopic (exact) mass is 217 g/mol. The number of aromatic nitrogens is 2. The molecule has 4 heteroatoms. The van der Waals surface area contributed by atoms with Gasteiger partial charge in [-0.25, -0.2) is 0 Å². The molecule has 0 spiro atoms. The average Bonchev–Trinajstić information content (AvgIpc) is 2.62. The molecule has 2 rings (SSSR count). The van der Waals surface area contributed by atoms with Gasteiger partial charge in [0.1, 0.15) is 5.75 Å². The van der Waals surface area contributed by atoms with Crippen LogP contribution in [0.1, 0.15) is 5.56 Å². The van der Waals surface area contributed by atoms with Crippen molar-refractivity contribution in [2.45, 2.75) is 6.54 Å². The Morgan fingerprint density at radius 2 is 2.12 bits per heavy atom. The molecule has 4 nitrogen and oxygen atoms in total. The average molecular weight is 217 g/mol. The lowest BCUT2D eigenvalue weighted by molar-refractivity contribution is 0.476. The van der Waals surface area contributed by atoms with Gasteiger partial charge in [-0.15, -0.1) is 0 Å². The highest BCUT2D eigenvalue weighted by Gasteiger charge is 2.12. The maximum Gasteiger partial charge on any atom is 0.124 e. The van der Waals surface area contributed by atoms with E-state index in [9.17, 15) is 5.11 Å². The second-order valence-corrected chi connectivity index (χ2v) is 3.69. The fourth-order valence-electron chi connectivity index (χ4n) is 1.82. The van der Waals surface area contributed by atoms with E-state index in [-0.39, 0.29) is 5.75 Å². The van der Waals surface area contributed by atoms with Gasteiger partial charge in [-0.05, 0) is 19.2 Å². The fourth-order valence-corrected chi connectivity index (χ4v) is 1.82. The van der Waals surface area contributed by atoms with Crippen molar-refractivity contribution in [3.63, 3.8) is 0 Å². The van der Waals surface area contributed by atoms with Crippen LogP contribution in [0, 0.1) is 0 Å². The standard InChI is InChI=1S/C12H15N3O/c1-13-7-9-8-14-15(2)12(9)10-5-3-4-6-11(10)16/h3-6,8,13,16H,7H2,1-2H3. The zero-order valence-electron chi connectivity index (χ0n) is 9.44. The van der Waals surface area contributed by atoms with Crippen LogP contribution in [0.5, 0.6) is 5.75 Å². The number of phenolic OH excluding ortho intramolecular Hbond substituents is 1. The number of phenols is 1. The van der Waals surface area contributed by atoms with Crippen molar-refractivity contribution in [2.75, 3.05) is 7.05 Å². The summed E-state index contributed by atoms with van der Waals surface area (Å²) in [5.74, 6) is 0.281. The Hall–Kier alpha value is -1.81. The summed E-state index contributed by atoms with van der Waals surface area (Å²) in [5.41, 5.74) is 2.84. The van der Waals surface area contributed by atoms with Gasteiger partial charge in [-0.3, -0.25) is 4.68 Å². The molecule has 0 aliphatic rings. The molecule has 0 saturated carbocycles. The van der Waals surface area contributed by atoms with E-state index in [1.807, 2.05) is 38.5 Å². The first-order valence-corrected chi connectivity index (χ1v) is 5.18. The SMILES string of the molecule is CNCc1cnn(C)c1-c1ccccc1O. The number of nitrogens with zero attached hydrogens (tertiary/aromatic N) is 2. The molecule has 0 saturated heterocycles. The Labute approximate surface area is 94.5 Å². The molecule has 2 N–H and O–H groups in total. The Bertz CT molecular complexity index is 491. The number of hydrogen-bond acceptors (Lipinski definition) is 3. The molecule has 0 aliphatic carbocycles. The molecule has 0 fully saturated rings. The fraction of sp³-hybridized carbons (Fsp3) is 0.250. The molecule has 0 radical (unpaired) electrons. The normalized spacial score (nSPS) is 10.6. The van der Waals surface area contributed by atoms with Crippen molar-refractivity contribution in [3.8, 4) is 17.0 Å². The molecular formula is C12H15N3O. The first-order chi connectivity index (χ1) is 7.74. The van der Waals surface area contributed by atoms with Crippen molar-refractivity contribution in [3.05, 3.63) is 36.0 Å². The van der Waals surface area contributed by atoms with Gasteiger partial charge in [0.15, 0.2) is 0 Å². The van der Waals surface area contributed by atoms with Gasteiger partial charge >= 0.3 is 0 Å². The molecule has 0 unspecified atom stereocenters. The number of para-hydroxylation sites is 1. The molecule has 16 heavy (non-hydrogen) atoms. The van der Waals surface area contributed by atoms with Gasteiger partial charge in [-0.2, -0.15) is 5.10 Å². The lowest BCUT2D eigenvalue weighted by Gasteiger charge is -2.07. The second-order valence-electron chi connectivity index (χ2n) is 3.69. The molecule has 2 aromatic rings. The number of nitrogens with one attached hydrogen (secondary N) is 1. The lowest BCUT2D eigenvalue weighted by atomic mass is 10.1. The van der Waals surface area contributed by atoms with Gasteiger partial charge in [0.05, 0.1) is 11.9 Å². The Kier molecular flexibility index (Phi) is 2.92. The third kappa shape index (κ3) is 1.79. The summed E-state index contributed by atoms with van der Waals surface area (Å²) in [6.07, 6.45) is 1.82. The van der Waals surface area contributed by atoms with Crippen LogP contribution in [0.4, 0.5) is 0 Å². The van der Waals surface area contributed by atoms with Gasteiger partial charge in [-0.1, -0.05) is 12.1 Å².